The molecule has 2 heterocycles. The van der Waals surface area contributed by atoms with Gasteiger partial charge in [0.25, 0.3) is 0 Å². The van der Waals surface area contributed by atoms with E-state index in [-0.39, 0.29) is 0 Å². The van der Waals surface area contributed by atoms with Crippen LogP contribution in [0.1, 0.15) is 101 Å². The lowest BCUT2D eigenvalue weighted by Gasteiger charge is -2.20. The Bertz CT molecular complexity index is 1130. The van der Waals surface area contributed by atoms with E-state index in [0.29, 0.717) is 30.3 Å². The van der Waals surface area contributed by atoms with Crippen LogP contribution < -0.4 is 9.13 Å². The summed E-state index contributed by atoms with van der Waals surface area (Å²) >= 11 is 0. The largest absolute Gasteiger partial charge is 0.325 e. The highest BCUT2D eigenvalue weighted by atomic mass is 15.2. The van der Waals surface area contributed by atoms with Crippen LogP contribution in [0.2, 0.25) is 0 Å². The van der Waals surface area contributed by atoms with Gasteiger partial charge in [-0.3, -0.25) is 9.13 Å². The molecule has 0 atom stereocenters. The summed E-state index contributed by atoms with van der Waals surface area (Å²) in [6, 6.07) is 13.3. The van der Waals surface area contributed by atoms with Crippen molar-refractivity contribution in [3.05, 3.63) is 96.1 Å². The number of para-hydroxylation sites is 2. The minimum Gasteiger partial charge on any atom is -0.325 e. The Kier molecular flexibility index (Phi) is 7.30. The first kappa shape index (κ1) is 25.0. The quantitative estimate of drug-likeness (QED) is 0.209. The lowest BCUT2D eigenvalue weighted by Crippen LogP contribution is -2.37. The molecular formula is C31H40N4. The second-order valence-corrected chi connectivity index (χ2v) is 10.8. The number of hydrogen-bond acceptors (Lipinski definition) is 0. The first-order chi connectivity index (χ1) is 16.7. The van der Waals surface area contributed by atoms with Crippen molar-refractivity contribution in [2.45, 2.75) is 85.7 Å². The number of rotatable bonds is 8. The van der Waals surface area contributed by atoms with E-state index >= 15 is 0 Å². The second-order valence-electron chi connectivity index (χ2n) is 10.8. The minimum absolute atomic E-state index is 0.445. The lowest BCUT2D eigenvalue weighted by atomic mass is 9.92. The Balaban J connectivity index is 1.67. The van der Waals surface area contributed by atoms with Gasteiger partial charge in [0.2, 0.25) is 12.7 Å². The van der Waals surface area contributed by atoms with Gasteiger partial charge in [-0.2, -0.15) is 0 Å². The van der Waals surface area contributed by atoms with Gasteiger partial charge in [0.1, 0.15) is 0 Å². The third-order valence-corrected chi connectivity index (χ3v) is 6.74. The van der Waals surface area contributed by atoms with Gasteiger partial charge >= 0.3 is 0 Å². The number of hydrogen-bond donors (Lipinski definition) is 0. The molecule has 0 bridgehead atoms. The Morgan fingerprint density at radius 3 is 1.69 bits per heavy atom. The molecule has 184 valence electrons. The van der Waals surface area contributed by atoms with E-state index in [2.05, 4.69) is 147 Å². The number of nitrogens with zero attached hydrogens (tertiary/aromatic N) is 4. The first-order valence-corrected chi connectivity index (χ1v) is 12.9. The van der Waals surface area contributed by atoms with E-state index in [9.17, 15) is 0 Å². The first-order valence-electron chi connectivity index (χ1n) is 12.9. The summed E-state index contributed by atoms with van der Waals surface area (Å²) in [4.78, 5) is 0. The molecule has 0 fully saturated rings. The van der Waals surface area contributed by atoms with Crippen molar-refractivity contribution in [3.63, 3.8) is 0 Å². The predicted molar refractivity (Wildman–Crippen MR) is 141 cm³/mol. The van der Waals surface area contributed by atoms with Crippen LogP contribution in [0.5, 0.6) is 0 Å². The van der Waals surface area contributed by atoms with Gasteiger partial charge in [-0.25, -0.2) is 0 Å². The molecule has 2 aromatic heterocycles. The monoisotopic (exact) mass is 468 g/mol. The molecule has 0 aliphatic rings. The molecule has 0 spiro atoms. The van der Waals surface area contributed by atoms with Crippen LogP contribution in [0.4, 0.5) is 0 Å². The third-order valence-electron chi connectivity index (χ3n) is 6.74. The summed E-state index contributed by atoms with van der Waals surface area (Å²) in [7, 11) is 0. The van der Waals surface area contributed by atoms with Crippen molar-refractivity contribution >= 4 is 0 Å². The normalized spacial score (nSPS) is 12.0. The molecule has 0 radical (unpaired) electrons. The van der Waals surface area contributed by atoms with Crippen molar-refractivity contribution in [2.24, 2.45) is 0 Å². The smallest absolute Gasteiger partial charge is 0.246 e. The highest BCUT2D eigenvalue weighted by molar-refractivity contribution is 5.51. The zero-order valence-electron chi connectivity index (χ0n) is 22.6. The maximum absolute atomic E-state index is 3.56. The van der Waals surface area contributed by atoms with Crippen molar-refractivity contribution < 1.29 is 9.13 Å². The predicted octanol–water partition coefficient (Wildman–Crippen LogP) is 6.44. The average Bonchev–Trinajstić information content (AvgIpc) is 3.47. The molecule has 35 heavy (non-hydrogen) atoms. The zero-order valence-corrected chi connectivity index (χ0v) is 22.6. The molecular weight excluding hydrogens is 428 g/mol. The van der Waals surface area contributed by atoms with Gasteiger partial charge < -0.3 is 9.13 Å². The van der Waals surface area contributed by atoms with Gasteiger partial charge in [0.15, 0.2) is 6.67 Å². The molecule has 0 N–H and O–H groups in total. The summed E-state index contributed by atoms with van der Waals surface area (Å²) in [5, 5.41) is 0. The van der Waals surface area contributed by atoms with E-state index in [1.165, 1.54) is 33.6 Å². The van der Waals surface area contributed by atoms with E-state index in [4.69, 9.17) is 0 Å². The van der Waals surface area contributed by atoms with Crippen LogP contribution in [0.15, 0.2) is 61.2 Å². The standard InChI is InChI=1S/C31H40N4/c1-22(2)26-11-9-12-27(23(3)4)30(26)34-17-15-32(20-34)19-33-16-18-35(21-33)31-28(24(5)6)13-10-14-29(31)25(7)8/h9-18,22-25H,19H2,1-8H3. The Morgan fingerprint density at radius 2 is 1.17 bits per heavy atom. The molecule has 4 rings (SSSR count). The highest BCUT2D eigenvalue weighted by Gasteiger charge is 2.17. The number of imidazole rings is 2. The average molecular weight is 469 g/mol. The van der Waals surface area contributed by atoms with Crippen LogP contribution in [-0.4, -0.2) is 9.13 Å². The fourth-order valence-electron chi connectivity index (χ4n) is 4.85. The van der Waals surface area contributed by atoms with Crippen LogP contribution in [-0.2, 0) is 6.67 Å². The number of aromatic nitrogens is 4. The van der Waals surface area contributed by atoms with Crippen LogP contribution in [0.3, 0.4) is 0 Å². The van der Waals surface area contributed by atoms with Crippen molar-refractivity contribution in [1.82, 2.24) is 9.13 Å². The molecule has 0 aliphatic heterocycles. The maximum atomic E-state index is 3.56. The van der Waals surface area contributed by atoms with Gasteiger partial charge in [-0.1, -0.05) is 91.8 Å². The molecule has 4 nitrogen and oxygen atoms in total. The molecule has 0 unspecified atom stereocenters. The van der Waals surface area contributed by atoms with Crippen molar-refractivity contribution in [1.29, 1.82) is 0 Å². The fraction of sp³-hybridized carbons (Fsp3) is 0.419. The van der Waals surface area contributed by atoms with Crippen molar-refractivity contribution in [3.8, 4) is 11.4 Å². The fourth-order valence-corrected chi connectivity index (χ4v) is 4.85. The minimum atomic E-state index is 0.445. The van der Waals surface area contributed by atoms with Crippen LogP contribution in [0.25, 0.3) is 11.4 Å². The van der Waals surface area contributed by atoms with Gasteiger partial charge in [0, 0.05) is 24.8 Å². The summed E-state index contributed by atoms with van der Waals surface area (Å²) < 4.78 is 8.51. The van der Waals surface area contributed by atoms with Gasteiger partial charge in [0.05, 0.1) is 11.4 Å². The van der Waals surface area contributed by atoms with Crippen LogP contribution in [0, 0.1) is 12.7 Å². The molecule has 0 amide bonds. The second kappa shape index (κ2) is 10.2. The number of benzene rings is 2. The Labute approximate surface area is 211 Å². The van der Waals surface area contributed by atoms with E-state index in [0.717, 1.165) is 0 Å². The SMILES string of the molecule is CC(C)c1cccc(C(C)C)c1-n1[c-][n+](Cn2[c-][n+](-c3c(C(C)C)cccc3C(C)C)cc2)cc1. The Morgan fingerprint density at radius 1 is 0.657 bits per heavy atom. The lowest BCUT2D eigenvalue weighted by molar-refractivity contribution is -0.706. The molecule has 2 aromatic carbocycles. The van der Waals surface area contributed by atoms with E-state index < -0.39 is 0 Å². The Hall–Kier alpha value is -3.14. The molecule has 4 aromatic rings. The van der Waals surface area contributed by atoms with Crippen molar-refractivity contribution in [2.75, 3.05) is 0 Å². The topological polar surface area (TPSA) is 17.6 Å². The molecule has 0 saturated carbocycles. The maximum Gasteiger partial charge on any atom is 0.246 e. The molecule has 0 aliphatic carbocycles. The van der Waals surface area contributed by atoms with E-state index in [1.807, 2.05) is 0 Å². The summed E-state index contributed by atoms with van der Waals surface area (Å²) in [6.07, 6.45) is 15.6. The third kappa shape index (κ3) is 5.12. The van der Waals surface area contributed by atoms with Gasteiger partial charge in [-0.05, 0) is 45.9 Å². The van der Waals surface area contributed by atoms with E-state index in [1.54, 1.807) is 0 Å². The summed E-state index contributed by atoms with van der Waals surface area (Å²) in [5.41, 5.74) is 7.93. The summed E-state index contributed by atoms with van der Waals surface area (Å²) in [6.45, 7) is 18.7. The molecule has 4 heteroatoms. The molecule has 0 saturated heterocycles. The zero-order chi connectivity index (χ0) is 25.3. The van der Waals surface area contributed by atoms with Crippen LogP contribution >= 0.6 is 0 Å². The highest BCUT2D eigenvalue weighted by Crippen LogP contribution is 2.31. The summed E-state index contributed by atoms with van der Waals surface area (Å²) in [5.74, 6) is 1.78. The van der Waals surface area contributed by atoms with Gasteiger partial charge in [-0.15, -0.1) is 0 Å².